The van der Waals surface area contributed by atoms with Crippen LogP contribution in [0.25, 0.3) is 10.9 Å². The van der Waals surface area contributed by atoms with Crippen LogP contribution in [0.1, 0.15) is 20.4 Å². The SMILES string of the molecule is CN1Cc2nc(C(=O)N3CCN(S(=O)(=O)c4cc5cc(Cl)ccc5[nH]4)CC3)sc2CN1C. The van der Waals surface area contributed by atoms with E-state index in [2.05, 4.69) is 20.0 Å². The maximum absolute atomic E-state index is 13.1. The van der Waals surface area contributed by atoms with Crippen molar-refractivity contribution in [3.8, 4) is 0 Å². The first kappa shape index (κ1) is 21.8. The van der Waals surface area contributed by atoms with E-state index >= 15 is 0 Å². The summed E-state index contributed by atoms with van der Waals surface area (Å²) in [5.74, 6) is -0.132. The molecule has 1 aromatic carbocycles. The van der Waals surface area contributed by atoms with Gasteiger partial charge in [-0.1, -0.05) is 11.6 Å². The number of nitrogens with one attached hydrogen (secondary N) is 1. The molecule has 1 amide bonds. The molecule has 0 atom stereocenters. The topological polar surface area (TPSA) is 92.9 Å². The summed E-state index contributed by atoms with van der Waals surface area (Å²) in [5, 5.41) is 6.07. The van der Waals surface area contributed by atoms with Crippen LogP contribution in [0.4, 0.5) is 0 Å². The lowest BCUT2D eigenvalue weighted by Crippen LogP contribution is -2.50. The molecule has 1 N–H and O–H groups in total. The molecule has 0 bridgehead atoms. The molecular formula is C20H23ClN6O3S2. The van der Waals surface area contributed by atoms with Gasteiger partial charge in [-0.05, 0) is 24.3 Å². The number of hydrazine groups is 1. The molecule has 2 aromatic heterocycles. The van der Waals surface area contributed by atoms with Gasteiger partial charge in [0.1, 0.15) is 5.03 Å². The van der Waals surface area contributed by atoms with E-state index in [0.29, 0.717) is 35.2 Å². The van der Waals surface area contributed by atoms with Crippen molar-refractivity contribution in [3.05, 3.63) is 44.9 Å². The van der Waals surface area contributed by atoms with E-state index in [9.17, 15) is 13.2 Å². The summed E-state index contributed by atoms with van der Waals surface area (Å²) in [5.41, 5.74) is 1.66. The first-order valence-corrected chi connectivity index (χ1v) is 12.8. The van der Waals surface area contributed by atoms with Gasteiger partial charge in [0.25, 0.3) is 15.9 Å². The van der Waals surface area contributed by atoms with Crippen LogP contribution in [-0.2, 0) is 23.1 Å². The maximum Gasteiger partial charge on any atom is 0.282 e. The zero-order valence-corrected chi connectivity index (χ0v) is 20.1. The molecule has 2 aliphatic rings. The molecule has 3 aromatic rings. The summed E-state index contributed by atoms with van der Waals surface area (Å²) in [6.07, 6.45) is 0. The Kier molecular flexibility index (Phi) is 5.51. The molecule has 32 heavy (non-hydrogen) atoms. The van der Waals surface area contributed by atoms with E-state index in [0.717, 1.165) is 22.5 Å². The van der Waals surface area contributed by atoms with Gasteiger partial charge in [0.05, 0.1) is 12.2 Å². The van der Waals surface area contributed by atoms with Gasteiger partial charge < -0.3 is 9.88 Å². The number of sulfonamides is 1. The van der Waals surface area contributed by atoms with Gasteiger partial charge >= 0.3 is 0 Å². The minimum atomic E-state index is -3.69. The van der Waals surface area contributed by atoms with Crippen LogP contribution in [-0.4, -0.2) is 83.8 Å². The van der Waals surface area contributed by atoms with Crippen LogP contribution < -0.4 is 0 Å². The molecule has 1 fully saturated rings. The van der Waals surface area contributed by atoms with Gasteiger partial charge in [0.15, 0.2) is 5.01 Å². The Balaban J connectivity index is 1.28. The molecule has 0 aliphatic carbocycles. The number of hydrogen-bond donors (Lipinski definition) is 1. The number of fused-ring (bicyclic) bond motifs is 2. The molecule has 9 nitrogen and oxygen atoms in total. The molecule has 5 rings (SSSR count). The number of carbonyl (C=O) groups is 1. The van der Waals surface area contributed by atoms with Gasteiger partial charge in [-0.3, -0.25) is 4.79 Å². The zero-order valence-electron chi connectivity index (χ0n) is 17.7. The molecular weight excluding hydrogens is 472 g/mol. The lowest BCUT2D eigenvalue weighted by Gasteiger charge is -2.33. The van der Waals surface area contributed by atoms with Crippen LogP contribution >= 0.6 is 22.9 Å². The van der Waals surface area contributed by atoms with Crippen molar-refractivity contribution < 1.29 is 13.2 Å². The van der Waals surface area contributed by atoms with Crippen LogP contribution in [0.3, 0.4) is 0 Å². The number of rotatable bonds is 3. The Hall–Kier alpha value is -2.02. The molecule has 170 valence electrons. The normalized spacial score (nSPS) is 18.9. The molecule has 12 heteroatoms. The summed E-state index contributed by atoms with van der Waals surface area (Å²) in [7, 11) is 0.304. The maximum atomic E-state index is 13.1. The largest absolute Gasteiger partial charge is 0.345 e. The second kappa shape index (κ2) is 8.08. The lowest BCUT2D eigenvalue weighted by atomic mass is 10.2. The smallest absolute Gasteiger partial charge is 0.282 e. The van der Waals surface area contributed by atoms with Crippen LogP contribution in [0.2, 0.25) is 5.02 Å². The Morgan fingerprint density at radius 3 is 2.56 bits per heavy atom. The molecule has 0 spiro atoms. The third-order valence-corrected chi connectivity index (χ3v) is 9.12. The Labute approximate surface area is 195 Å². The van der Waals surface area contributed by atoms with Crippen molar-refractivity contribution in [2.24, 2.45) is 0 Å². The number of nitrogens with zero attached hydrogens (tertiary/aromatic N) is 5. The van der Waals surface area contributed by atoms with Crippen molar-refractivity contribution in [2.45, 2.75) is 18.1 Å². The summed E-state index contributed by atoms with van der Waals surface area (Å²) >= 11 is 7.45. The monoisotopic (exact) mass is 494 g/mol. The minimum absolute atomic E-state index is 0.132. The molecule has 0 unspecified atom stereocenters. The summed E-state index contributed by atoms with van der Waals surface area (Å²) in [6, 6.07) is 6.80. The average Bonchev–Trinajstić information content (AvgIpc) is 3.37. The van der Waals surface area contributed by atoms with Crippen LogP contribution in [0, 0.1) is 0 Å². The number of halogens is 1. The number of H-pyrrole nitrogens is 1. The minimum Gasteiger partial charge on any atom is -0.345 e. The number of thiazole rings is 1. The summed E-state index contributed by atoms with van der Waals surface area (Å²) in [6.45, 7) is 2.54. The summed E-state index contributed by atoms with van der Waals surface area (Å²) in [4.78, 5) is 23.3. The Bertz CT molecular complexity index is 1270. The van der Waals surface area contributed by atoms with Gasteiger partial charge in [0.2, 0.25) is 0 Å². The number of hydrogen-bond acceptors (Lipinski definition) is 7. The van der Waals surface area contributed by atoms with Crippen molar-refractivity contribution in [2.75, 3.05) is 40.3 Å². The number of aromatic nitrogens is 2. The standard InChI is InChI=1S/C20H23ClN6O3S2/c1-24-11-16-17(12-25(24)2)31-19(23-16)20(28)26-5-7-27(8-6-26)32(29,30)18-10-13-9-14(21)3-4-15(13)22-18/h3-4,9-10,22H,5-8,11-12H2,1-2H3. The van der Waals surface area contributed by atoms with E-state index in [1.54, 1.807) is 29.2 Å². The highest BCUT2D eigenvalue weighted by Gasteiger charge is 2.33. The fourth-order valence-electron chi connectivity index (χ4n) is 4.01. The fraction of sp³-hybridized carbons (Fsp3) is 0.400. The summed E-state index contributed by atoms with van der Waals surface area (Å²) < 4.78 is 27.7. The van der Waals surface area contributed by atoms with Crippen molar-refractivity contribution >= 4 is 49.8 Å². The number of carbonyl (C=O) groups excluding carboxylic acids is 1. The van der Waals surface area contributed by atoms with E-state index in [1.807, 2.05) is 14.1 Å². The second-order valence-electron chi connectivity index (χ2n) is 8.08. The molecule has 1 saturated heterocycles. The first-order chi connectivity index (χ1) is 15.2. The van der Waals surface area contributed by atoms with Gasteiger partial charge in [-0.15, -0.1) is 11.3 Å². The Morgan fingerprint density at radius 2 is 1.81 bits per heavy atom. The van der Waals surface area contributed by atoms with Gasteiger partial charge in [-0.25, -0.2) is 23.4 Å². The predicted molar refractivity (Wildman–Crippen MR) is 123 cm³/mol. The molecule has 0 radical (unpaired) electrons. The quantitative estimate of drug-likeness (QED) is 0.600. The third kappa shape index (κ3) is 3.82. The number of amides is 1. The molecule has 2 aliphatic heterocycles. The second-order valence-corrected chi connectivity index (χ2v) is 11.5. The van der Waals surface area contributed by atoms with Crippen molar-refractivity contribution in [3.63, 3.8) is 0 Å². The van der Waals surface area contributed by atoms with Crippen LogP contribution in [0.5, 0.6) is 0 Å². The highest BCUT2D eigenvalue weighted by atomic mass is 35.5. The number of piperazine rings is 1. The highest BCUT2D eigenvalue weighted by molar-refractivity contribution is 7.89. The predicted octanol–water partition coefficient (Wildman–Crippen LogP) is 2.22. The van der Waals surface area contributed by atoms with E-state index in [-0.39, 0.29) is 24.0 Å². The molecule has 4 heterocycles. The average molecular weight is 495 g/mol. The van der Waals surface area contributed by atoms with Crippen LogP contribution in [0.15, 0.2) is 29.3 Å². The van der Waals surface area contributed by atoms with Gasteiger partial charge in [-0.2, -0.15) is 4.31 Å². The third-order valence-electron chi connectivity index (χ3n) is 6.00. The molecule has 0 saturated carbocycles. The van der Waals surface area contributed by atoms with Gasteiger partial charge in [0, 0.05) is 67.6 Å². The van der Waals surface area contributed by atoms with E-state index < -0.39 is 10.0 Å². The number of benzene rings is 1. The lowest BCUT2D eigenvalue weighted by molar-refractivity contribution is -0.00172. The first-order valence-electron chi connectivity index (χ1n) is 10.2. The van der Waals surface area contributed by atoms with Crippen molar-refractivity contribution in [1.29, 1.82) is 0 Å². The zero-order chi connectivity index (χ0) is 22.6. The highest BCUT2D eigenvalue weighted by Crippen LogP contribution is 2.28. The van der Waals surface area contributed by atoms with E-state index in [4.69, 9.17) is 11.6 Å². The Morgan fingerprint density at radius 1 is 1.09 bits per heavy atom. The van der Waals surface area contributed by atoms with E-state index in [1.165, 1.54) is 15.6 Å². The van der Waals surface area contributed by atoms with Crippen molar-refractivity contribution in [1.82, 2.24) is 29.2 Å². The number of aromatic amines is 1. The fourth-order valence-corrected chi connectivity index (χ4v) is 6.71.